The first-order chi connectivity index (χ1) is 14.0. The van der Waals surface area contributed by atoms with Crippen molar-refractivity contribution in [2.24, 2.45) is 4.76 Å². The molecule has 30 heavy (non-hydrogen) atoms. The number of aliphatic hydroxyl groups is 1. The van der Waals surface area contributed by atoms with Gasteiger partial charge in [-0.1, -0.05) is 4.76 Å². The predicted molar refractivity (Wildman–Crippen MR) is 93.6 cm³/mol. The minimum Gasteiger partial charge on any atom is -0.856 e. The van der Waals surface area contributed by atoms with E-state index in [1.807, 2.05) is 0 Å². The fourth-order valence-corrected chi connectivity index (χ4v) is 3.32. The van der Waals surface area contributed by atoms with Gasteiger partial charge in [-0.05, 0) is 23.8 Å². The molecular formula is C15H15F2N5O7P-. The maximum absolute atomic E-state index is 14.4. The monoisotopic (exact) mass is 446 g/mol. The molecule has 3 heterocycles. The molecule has 3 rings (SSSR count). The zero-order chi connectivity index (χ0) is 22.1. The number of anilines is 1. The average Bonchev–Trinajstić information content (AvgIpc) is 2.90. The van der Waals surface area contributed by atoms with Crippen LogP contribution in [0.1, 0.15) is 11.8 Å². The molecule has 1 fully saturated rings. The Morgan fingerprint density at radius 1 is 1.43 bits per heavy atom. The molecule has 0 radical (unpaired) electrons. The van der Waals surface area contributed by atoms with Gasteiger partial charge in [-0.2, -0.15) is 23.2 Å². The van der Waals surface area contributed by atoms with Crippen molar-refractivity contribution in [2.75, 3.05) is 12.3 Å². The molecule has 0 aromatic carbocycles. The third-order valence-electron chi connectivity index (χ3n) is 4.04. The first-order valence-electron chi connectivity index (χ1n) is 8.22. The number of nitrogens with zero attached hydrogens (tertiary/aromatic N) is 4. The third-order valence-corrected chi connectivity index (χ3v) is 4.95. The summed E-state index contributed by atoms with van der Waals surface area (Å²) in [6.07, 6.45) is -3.17. The Kier molecular flexibility index (Phi) is 6.08. The number of ether oxygens (including phenoxy) is 1. The highest BCUT2D eigenvalue weighted by atomic mass is 31.2. The van der Waals surface area contributed by atoms with Crippen LogP contribution in [0.2, 0.25) is 0 Å². The molecule has 0 bridgehead atoms. The maximum atomic E-state index is 14.4. The van der Waals surface area contributed by atoms with Crippen LogP contribution in [-0.4, -0.2) is 55.2 Å². The normalized spacial score (nSPS) is 25.8. The molecule has 12 nitrogen and oxygen atoms in total. The number of alkyl halides is 2. The molecule has 15 heteroatoms. The van der Waals surface area contributed by atoms with Crippen LogP contribution in [0, 0.1) is 0 Å². The highest BCUT2D eigenvalue weighted by Crippen LogP contribution is 2.50. The van der Waals surface area contributed by atoms with Crippen molar-refractivity contribution < 1.29 is 38.0 Å². The molecule has 1 unspecified atom stereocenters. The van der Waals surface area contributed by atoms with E-state index >= 15 is 0 Å². The molecule has 2 aromatic rings. The van der Waals surface area contributed by atoms with Crippen LogP contribution < -0.4 is 21.4 Å². The van der Waals surface area contributed by atoms with Crippen LogP contribution in [0.3, 0.4) is 0 Å². The van der Waals surface area contributed by atoms with Crippen molar-refractivity contribution in [3.8, 4) is 0 Å². The Labute approximate surface area is 167 Å². The second-order valence-electron chi connectivity index (χ2n) is 6.12. The number of hydrogen-bond acceptors (Lipinski definition) is 11. The summed E-state index contributed by atoms with van der Waals surface area (Å²) in [6.45, 7) is -1.02. The quantitative estimate of drug-likeness (QED) is 0.253. The zero-order valence-corrected chi connectivity index (χ0v) is 15.8. The Hall–Kier alpha value is -2.61. The predicted octanol–water partition coefficient (Wildman–Crippen LogP) is -2.03. The fraction of sp³-hybridized carbons (Fsp3) is 0.333. The van der Waals surface area contributed by atoms with Crippen LogP contribution in [0.15, 0.2) is 46.3 Å². The summed E-state index contributed by atoms with van der Waals surface area (Å²) < 4.78 is 41.8. The van der Waals surface area contributed by atoms with Crippen molar-refractivity contribution >= 4 is 19.8 Å². The molecule has 4 atom stereocenters. The van der Waals surface area contributed by atoms with Gasteiger partial charge in [0.05, 0.1) is 0 Å². The number of halogens is 2. The zero-order valence-electron chi connectivity index (χ0n) is 14.9. The van der Waals surface area contributed by atoms with E-state index in [0.29, 0.717) is 4.57 Å². The molecule has 1 aliphatic heterocycles. The number of aromatic nitrogens is 3. The van der Waals surface area contributed by atoms with Gasteiger partial charge in [0.2, 0.25) is 6.23 Å². The van der Waals surface area contributed by atoms with Crippen molar-refractivity contribution in [1.82, 2.24) is 14.5 Å². The molecule has 0 spiro atoms. The molecule has 4 N–H and O–H groups in total. The van der Waals surface area contributed by atoms with Gasteiger partial charge in [0, 0.05) is 24.5 Å². The van der Waals surface area contributed by atoms with Gasteiger partial charge in [-0.25, -0.2) is 4.79 Å². The van der Waals surface area contributed by atoms with Gasteiger partial charge >= 0.3 is 19.7 Å². The summed E-state index contributed by atoms with van der Waals surface area (Å²) in [5, 5.41) is 21.7. The number of aliphatic hydroxyl groups excluding tert-OH is 1. The Balaban J connectivity index is 1.73. The second kappa shape index (κ2) is 8.26. The van der Waals surface area contributed by atoms with Gasteiger partial charge in [-0.15, -0.1) is 0 Å². The minimum absolute atomic E-state index is 0.0538. The third kappa shape index (κ3) is 4.59. The van der Waals surface area contributed by atoms with Crippen LogP contribution in [0.25, 0.3) is 0 Å². The number of nitrogens with two attached hydrogens (primary N) is 1. The Bertz CT molecular complexity index is 991. The molecule has 162 valence electrons. The summed E-state index contributed by atoms with van der Waals surface area (Å²) in [5.74, 6) is -5.28. The SMILES string of the molecule is Nc1ccn([C@@H]2O[C@H](CO[P+]([O-])(O)N=C([O-])c3ccncc3)[C@@H](O)C2(F)F)c(=O)n1. The lowest BCUT2D eigenvalue weighted by Gasteiger charge is -2.21. The summed E-state index contributed by atoms with van der Waals surface area (Å²) in [6, 6.07) is 3.54. The molecular weight excluding hydrogens is 431 g/mol. The summed E-state index contributed by atoms with van der Waals surface area (Å²) in [5.41, 5.74) is 4.10. The lowest BCUT2D eigenvalue weighted by molar-refractivity contribution is -0.224. The minimum atomic E-state index is -4.92. The lowest BCUT2D eigenvalue weighted by Crippen LogP contribution is -2.42. The number of pyridine rings is 1. The van der Waals surface area contributed by atoms with E-state index in [1.54, 1.807) is 0 Å². The standard InChI is InChI=1S/C15H16F2N5O7P/c16-15(17)11(23)9(29-13(15)22-6-3-10(18)20-14(22)25)7-28-30(26,27)21-12(24)8-1-4-19-5-2-8/h1-6,9,11,13,23H,7H2,(H2,18,20,25)(H2,21,24,26,27)/p-1/t9-,11-,13-/m1/s1. The average molecular weight is 446 g/mol. The lowest BCUT2D eigenvalue weighted by atomic mass is 10.1. The number of nitrogen functional groups attached to an aromatic ring is 1. The van der Waals surface area contributed by atoms with Crippen LogP contribution in [0.4, 0.5) is 14.6 Å². The fourth-order valence-electron chi connectivity index (χ4n) is 2.58. The topological polar surface area (TPSA) is 191 Å². The Morgan fingerprint density at radius 3 is 2.73 bits per heavy atom. The van der Waals surface area contributed by atoms with E-state index < -0.39 is 50.6 Å². The van der Waals surface area contributed by atoms with E-state index in [-0.39, 0.29) is 11.4 Å². The first-order valence-corrected chi connectivity index (χ1v) is 9.75. The maximum Gasteiger partial charge on any atom is 0.357 e. The molecule has 2 aromatic heterocycles. The Morgan fingerprint density at radius 2 is 2.10 bits per heavy atom. The van der Waals surface area contributed by atoms with E-state index in [9.17, 15) is 33.6 Å². The second-order valence-corrected chi connectivity index (χ2v) is 7.56. The molecule has 0 saturated carbocycles. The first kappa shape index (κ1) is 22.1. The van der Waals surface area contributed by atoms with Gasteiger partial charge in [0.25, 0.3) is 0 Å². The van der Waals surface area contributed by atoms with Gasteiger partial charge in [0.15, 0.2) is 6.10 Å². The summed E-state index contributed by atoms with van der Waals surface area (Å²) >= 11 is 0. The molecule has 1 aliphatic rings. The van der Waals surface area contributed by atoms with Gasteiger partial charge in [-0.3, -0.25) is 9.55 Å². The van der Waals surface area contributed by atoms with Crippen molar-refractivity contribution in [1.29, 1.82) is 0 Å². The molecule has 1 saturated heterocycles. The highest BCUT2D eigenvalue weighted by Gasteiger charge is 2.60. The van der Waals surface area contributed by atoms with Crippen molar-refractivity contribution in [3.05, 3.63) is 52.8 Å². The van der Waals surface area contributed by atoms with E-state index in [0.717, 1.165) is 12.3 Å². The smallest absolute Gasteiger partial charge is 0.357 e. The van der Waals surface area contributed by atoms with Crippen LogP contribution in [-0.2, 0) is 9.26 Å². The van der Waals surface area contributed by atoms with Gasteiger partial charge < -0.3 is 25.6 Å². The van der Waals surface area contributed by atoms with Crippen molar-refractivity contribution in [2.45, 2.75) is 24.4 Å². The van der Waals surface area contributed by atoms with Crippen molar-refractivity contribution in [3.63, 3.8) is 0 Å². The van der Waals surface area contributed by atoms with Crippen LogP contribution >= 0.6 is 8.09 Å². The highest BCUT2D eigenvalue weighted by molar-refractivity contribution is 7.56. The summed E-state index contributed by atoms with van der Waals surface area (Å²) in [4.78, 5) is 40.5. The summed E-state index contributed by atoms with van der Waals surface area (Å²) in [7, 11) is -4.92. The molecule has 0 amide bonds. The van der Waals surface area contributed by atoms with E-state index in [2.05, 4.69) is 19.3 Å². The number of rotatable bonds is 6. The number of hydrogen-bond donors (Lipinski definition) is 3. The van der Waals surface area contributed by atoms with E-state index in [4.69, 9.17) is 10.5 Å². The van der Waals surface area contributed by atoms with Crippen LogP contribution in [0.5, 0.6) is 0 Å². The van der Waals surface area contributed by atoms with E-state index in [1.165, 1.54) is 24.5 Å². The molecule has 0 aliphatic carbocycles. The largest absolute Gasteiger partial charge is 0.856 e. The van der Waals surface area contributed by atoms with Gasteiger partial charge in [0.1, 0.15) is 18.5 Å².